The average Bonchev–Trinajstić information content (AvgIpc) is 3.03. The molecule has 2 aliphatic rings. The Bertz CT molecular complexity index is 949. The zero-order valence-corrected chi connectivity index (χ0v) is 14.8. The lowest BCUT2D eigenvalue weighted by Crippen LogP contribution is -2.34. The van der Waals surface area contributed by atoms with Gasteiger partial charge in [-0.15, -0.1) is 0 Å². The van der Waals surface area contributed by atoms with Gasteiger partial charge in [0, 0.05) is 12.1 Å². The first-order chi connectivity index (χ1) is 12.5. The lowest BCUT2D eigenvalue weighted by Gasteiger charge is -2.29. The van der Waals surface area contributed by atoms with Crippen LogP contribution in [0.2, 0.25) is 0 Å². The molecule has 1 saturated heterocycles. The van der Waals surface area contributed by atoms with Crippen molar-refractivity contribution in [1.82, 2.24) is 4.90 Å². The standard InChI is InChI=1S/C19H15N3O3S/c1-12-2-4-13(5-3-12)16-10-17(21-18(23)11-26-19(21)20-16)14-6-8-15(9-7-14)22(24)25/h2-10,17H,11H2,1H3. The summed E-state index contributed by atoms with van der Waals surface area (Å²) in [7, 11) is 0. The molecule has 0 spiro atoms. The zero-order chi connectivity index (χ0) is 18.3. The van der Waals surface area contributed by atoms with Crippen LogP contribution in [0.25, 0.3) is 5.70 Å². The molecule has 0 aliphatic carbocycles. The lowest BCUT2D eigenvalue weighted by atomic mass is 10.00. The van der Waals surface area contributed by atoms with Crippen LogP contribution in [0, 0.1) is 17.0 Å². The van der Waals surface area contributed by atoms with E-state index in [0.717, 1.165) is 22.4 Å². The highest BCUT2D eigenvalue weighted by Gasteiger charge is 2.37. The summed E-state index contributed by atoms with van der Waals surface area (Å²) in [6, 6.07) is 14.1. The minimum Gasteiger partial charge on any atom is -0.279 e. The zero-order valence-electron chi connectivity index (χ0n) is 14.0. The number of thioether (sulfide) groups is 1. The van der Waals surface area contributed by atoms with Crippen molar-refractivity contribution in [1.29, 1.82) is 0 Å². The van der Waals surface area contributed by atoms with Crippen LogP contribution < -0.4 is 0 Å². The van der Waals surface area contributed by atoms with Crippen molar-refractivity contribution in [2.45, 2.75) is 13.0 Å². The van der Waals surface area contributed by atoms with Gasteiger partial charge in [0.05, 0.1) is 22.4 Å². The van der Waals surface area contributed by atoms with Gasteiger partial charge in [0.1, 0.15) is 0 Å². The second kappa shape index (κ2) is 6.42. The highest BCUT2D eigenvalue weighted by atomic mass is 32.2. The number of rotatable bonds is 3. The third-order valence-corrected chi connectivity index (χ3v) is 5.34. The monoisotopic (exact) mass is 365 g/mol. The van der Waals surface area contributed by atoms with Gasteiger partial charge in [-0.05, 0) is 36.3 Å². The van der Waals surface area contributed by atoms with E-state index in [2.05, 4.69) is 4.99 Å². The van der Waals surface area contributed by atoms with Crippen molar-refractivity contribution < 1.29 is 9.72 Å². The summed E-state index contributed by atoms with van der Waals surface area (Å²) < 4.78 is 0. The Balaban J connectivity index is 1.77. The molecule has 1 unspecified atom stereocenters. The van der Waals surface area contributed by atoms with E-state index < -0.39 is 4.92 Å². The number of nitro groups is 1. The highest BCUT2D eigenvalue weighted by molar-refractivity contribution is 8.15. The van der Waals surface area contributed by atoms with E-state index in [1.54, 1.807) is 17.0 Å². The third-order valence-electron chi connectivity index (χ3n) is 4.40. The second-order valence-corrected chi connectivity index (χ2v) is 7.10. The summed E-state index contributed by atoms with van der Waals surface area (Å²) in [5.41, 5.74) is 3.81. The molecule has 1 amide bonds. The topological polar surface area (TPSA) is 75.8 Å². The smallest absolute Gasteiger partial charge is 0.269 e. The van der Waals surface area contributed by atoms with Crippen LogP contribution in [0.5, 0.6) is 0 Å². The predicted molar refractivity (Wildman–Crippen MR) is 102 cm³/mol. The Morgan fingerprint density at radius 2 is 1.85 bits per heavy atom. The van der Waals surface area contributed by atoms with E-state index in [0.29, 0.717) is 10.9 Å². The van der Waals surface area contributed by atoms with Crippen molar-refractivity contribution in [2.24, 2.45) is 4.99 Å². The Kier molecular flexibility index (Phi) is 4.08. The largest absolute Gasteiger partial charge is 0.279 e. The maximum atomic E-state index is 12.3. The summed E-state index contributed by atoms with van der Waals surface area (Å²) in [5.74, 6) is 0.355. The molecule has 2 heterocycles. The Labute approximate surface area is 154 Å². The molecular formula is C19H15N3O3S. The number of aryl methyl sites for hydroxylation is 1. The van der Waals surface area contributed by atoms with Gasteiger partial charge in [-0.3, -0.25) is 19.8 Å². The fourth-order valence-corrected chi connectivity index (χ4v) is 3.93. The summed E-state index contributed by atoms with van der Waals surface area (Å²) in [6.07, 6.45) is 1.94. The summed E-state index contributed by atoms with van der Waals surface area (Å²) in [4.78, 5) is 29.1. The molecule has 2 aliphatic heterocycles. The molecular weight excluding hydrogens is 350 g/mol. The number of non-ortho nitro benzene ring substituents is 1. The van der Waals surface area contributed by atoms with Gasteiger partial charge >= 0.3 is 0 Å². The van der Waals surface area contributed by atoms with Crippen LogP contribution in [0.4, 0.5) is 5.69 Å². The van der Waals surface area contributed by atoms with Crippen molar-refractivity contribution in [3.05, 3.63) is 81.4 Å². The van der Waals surface area contributed by atoms with E-state index in [4.69, 9.17) is 0 Å². The minimum absolute atomic E-state index is 0.00342. The Morgan fingerprint density at radius 3 is 2.50 bits per heavy atom. The normalized spacial score (nSPS) is 19.0. The van der Waals surface area contributed by atoms with E-state index in [-0.39, 0.29) is 17.6 Å². The fourth-order valence-electron chi connectivity index (χ4n) is 3.02. The van der Waals surface area contributed by atoms with Gasteiger partial charge in [0.15, 0.2) is 5.17 Å². The van der Waals surface area contributed by atoms with E-state index in [1.807, 2.05) is 37.3 Å². The van der Waals surface area contributed by atoms with Gasteiger partial charge in [-0.2, -0.15) is 0 Å². The average molecular weight is 365 g/mol. The van der Waals surface area contributed by atoms with Gasteiger partial charge in [-0.1, -0.05) is 41.6 Å². The number of carbonyl (C=O) groups is 1. The van der Waals surface area contributed by atoms with Crippen LogP contribution >= 0.6 is 11.8 Å². The highest BCUT2D eigenvalue weighted by Crippen LogP contribution is 2.38. The first-order valence-electron chi connectivity index (χ1n) is 8.10. The quantitative estimate of drug-likeness (QED) is 0.610. The maximum absolute atomic E-state index is 12.3. The first-order valence-corrected chi connectivity index (χ1v) is 9.08. The van der Waals surface area contributed by atoms with Crippen LogP contribution in [0.15, 0.2) is 59.6 Å². The number of hydrogen-bond acceptors (Lipinski definition) is 5. The van der Waals surface area contributed by atoms with Crippen molar-refractivity contribution in [3.63, 3.8) is 0 Å². The Hall–Kier alpha value is -2.93. The molecule has 2 aromatic rings. The number of hydrogen-bond donors (Lipinski definition) is 0. The van der Waals surface area contributed by atoms with Crippen LogP contribution in [0.1, 0.15) is 22.7 Å². The molecule has 130 valence electrons. The van der Waals surface area contributed by atoms with E-state index >= 15 is 0 Å². The number of carbonyl (C=O) groups excluding carboxylic acids is 1. The molecule has 0 N–H and O–H groups in total. The van der Waals surface area contributed by atoms with Gasteiger partial charge in [0.2, 0.25) is 5.91 Å². The molecule has 26 heavy (non-hydrogen) atoms. The molecule has 1 atom stereocenters. The SMILES string of the molecule is Cc1ccc(C2=CC(c3ccc([N+](=O)[O-])cc3)N3C(=O)CSC3=N2)cc1. The van der Waals surface area contributed by atoms with Gasteiger partial charge < -0.3 is 0 Å². The lowest BCUT2D eigenvalue weighted by molar-refractivity contribution is -0.384. The first kappa shape index (κ1) is 16.5. The van der Waals surface area contributed by atoms with Crippen molar-refractivity contribution >= 4 is 34.2 Å². The maximum Gasteiger partial charge on any atom is 0.269 e. The molecule has 0 saturated carbocycles. The van der Waals surface area contributed by atoms with Crippen molar-refractivity contribution in [3.8, 4) is 0 Å². The number of amidine groups is 1. The van der Waals surface area contributed by atoms with Crippen LogP contribution in [0.3, 0.4) is 0 Å². The van der Waals surface area contributed by atoms with Gasteiger partial charge in [-0.25, -0.2) is 4.99 Å². The molecule has 1 fully saturated rings. The molecule has 4 rings (SSSR count). The van der Waals surface area contributed by atoms with Gasteiger partial charge in [0.25, 0.3) is 5.69 Å². The molecule has 0 aromatic heterocycles. The molecule has 0 radical (unpaired) electrons. The number of fused-ring (bicyclic) bond motifs is 1. The van der Waals surface area contributed by atoms with Crippen LogP contribution in [-0.4, -0.2) is 26.7 Å². The summed E-state index contributed by atoms with van der Waals surface area (Å²) >= 11 is 1.42. The predicted octanol–water partition coefficient (Wildman–Crippen LogP) is 3.93. The second-order valence-electron chi connectivity index (χ2n) is 6.16. The van der Waals surface area contributed by atoms with E-state index in [9.17, 15) is 14.9 Å². The number of nitrogens with zero attached hydrogens (tertiary/aromatic N) is 3. The fraction of sp³-hybridized carbons (Fsp3) is 0.158. The number of nitro benzene ring substituents is 1. The Morgan fingerprint density at radius 1 is 1.15 bits per heavy atom. The third kappa shape index (κ3) is 2.90. The molecule has 6 nitrogen and oxygen atoms in total. The molecule has 7 heteroatoms. The van der Waals surface area contributed by atoms with Crippen molar-refractivity contribution in [2.75, 3.05) is 5.75 Å². The van der Waals surface area contributed by atoms with Crippen LogP contribution in [-0.2, 0) is 4.79 Å². The summed E-state index contributed by atoms with van der Waals surface area (Å²) in [6.45, 7) is 2.03. The van der Waals surface area contributed by atoms with E-state index in [1.165, 1.54) is 23.9 Å². The minimum atomic E-state index is -0.429. The molecule has 0 bridgehead atoms. The molecule has 2 aromatic carbocycles. The summed E-state index contributed by atoms with van der Waals surface area (Å²) in [5, 5.41) is 11.6. The number of benzene rings is 2. The number of aliphatic imine (C=N–C) groups is 1. The number of amides is 1.